The Balaban J connectivity index is 2.38. The molecule has 0 radical (unpaired) electrons. The molecule has 21 heavy (non-hydrogen) atoms. The molecule has 0 saturated carbocycles. The van der Waals surface area contributed by atoms with Crippen LogP contribution >= 0.6 is 0 Å². The van der Waals surface area contributed by atoms with Gasteiger partial charge in [0.05, 0.1) is 13.2 Å². The Morgan fingerprint density at radius 2 is 2.10 bits per heavy atom. The van der Waals surface area contributed by atoms with Gasteiger partial charge in [-0.2, -0.15) is 0 Å². The van der Waals surface area contributed by atoms with Crippen LogP contribution in [0.2, 0.25) is 0 Å². The van der Waals surface area contributed by atoms with E-state index >= 15 is 0 Å². The van der Waals surface area contributed by atoms with E-state index in [4.69, 9.17) is 14.6 Å². The molecule has 6 heteroatoms. The van der Waals surface area contributed by atoms with Crippen molar-refractivity contribution in [2.75, 3.05) is 26.4 Å². The van der Waals surface area contributed by atoms with Crippen LogP contribution < -0.4 is 10.1 Å². The van der Waals surface area contributed by atoms with E-state index in [0.29, 0.717) is 12.4 Å². The Labute approximate surface area is 123 Å². The van der Waals surface area contributed by atoms with Crippen LogP contribution in [0.5, 0.6) is 5.75 Å². The van der Waals surface area contributed by atoms with Crippen molar-refractivity contribution in [1.29, 1.82) is 0 Å². The fraction of sp³-hybridized carbons (Fsp3) is 0.333. The number of carboxylic acids is 1. The topological polar surface area (TPSA) is 84.9 Å². The minimum Gasteiger partial charge on any atom is -0.493 e. The van der Waals surface area contributed by atoms with Crippen molar-refractivity contribution in [1.82, 2.24) is 5.32 Å². The number of para-hydroxylation sites is 1. The van der Waals surface area contributed by atoms with Gasteiger partial charge in [0.1, 0.15) is 12.4 Å². The second-order valence-electron chi connectivity index (χ2n) is 4.04. The Kier molecular flexibility index (Phi) is 7.60. The minimum atomic E-state index is -1.03. The summed E-state index contributed by atoms with van der Waals surface area (Å²) in [7, 11) is 0. The summed E-state index contributed by atoms with van der Waals surface area (Å²) in [5.41, 5.74) is 0.816. The van der Waals surface area contributed by atoms with E-state index in [2.05, 4.69) is 5.32 Å². The first-order valence-corrected chi connectivity index (χ1v) is 6.60. The first kappa shape index (κ1) is 16.7. The van der Waals surface area contributed by atoms with Crippen LogP contribution in [-0.2, 0) is 14.3 Å². The van der Waals surface area contributed by atoms with Crippen molar-refractivity contribution in [3.8, 4) is 5.75 Å². The Hall–Kier alpha value is -2.34. The molecule has 0 heterocycles. The third-order valence-corrected chi connectivity index (χ3v) is 2.40. The molecule has 6 nitrogen and oxygen atoms in total. The smallest absolute Gasteiger partial charge is 0.329 e. The third kappa shape index (κ3) is 7.12. The molecular weight excluding hydrogens is 274 g/mol. The molecule has 0 spiro atoms. The fourth-order valence-corrected chi connectivity index (χ4v) is 1.54. The predicted molar refractivity (Wildman–Crippen MR) is 78.1 cm³/mol. The highest BCUT2D eigenvalue weighted by Crippen LogP contribution is 2.19. The minimum absolute atomic E-state index is 0.154. The summed E-state index contributed by atoms with van der Waals surface area (Å²) in [4.78, 5) is 21.8. The quantitative estimate of drug-likeness (QED) is 0.530. The number of nitrogens with one attached hydrogen (secondary N) is 1. The second kappa shape index (κ2) is 9.55. The highest BCUT2D eigenvalue weighted by atomic mass is 16.5. The van der Waals surface area contributed by atoms with Crippen molar-refractivity contribution in [2.45, 2.75) is 6.92 Å². The molecular formula is C15H19NO5. The number of hydrogen-bond donors (Lipinski definition) is 2. The summed E-state index contributed by atoms with van der Waals surface area (Å²) >= 11 is 0. The molecule has 0 aromatic heterocycles. The number of aliphatic carboxylic acids is 1. The lowest BCUT2D eigenvalue weighted by atomic mass is 10.2. The number of hydrogen-bond acceptors (Lipinski definition) is 4. The summed E-state index contributed by atoms with van der Waals surface area (Å²) in [6.07, 6.45) is 3.06. The summed E-state index contributed by atoms with van der Waals surface area (Å²) in [5.74, 6) is -0.595. The third-order valence-electron chi connectivity index (χ3n) is 2.40. The van der Waals surface area contributed by atoms with Crippen LogP contribution in [0.1, 0.15) is 12.5 Å². The van der Waals surface area contributed by atoms with Crippen molar-refractivity contribution in [3.05, 3.63) is 35.9 Å². The first-order valence-electron chi connectivity index (χ1n) is 6.60. The summed E-state index contributed by atoms with van der Waals surface area (Å²) < 4.78 is 10.2. The maximum atomic E-state index is 11.6. The zero-order valence-corrected chi connectivity index (χ0v) is 11.9. The largest absolute Gasteiger partial charge is 0.493 e. The van der Waals surface area contributed by atoms with Gasteiger partial charge in [-0.1, -0.05) is 18.2 Å². The van der Waals surface area contributed by atoms with Gasteiger partial charge < -0.3 is 19.9 Å². The highest BCUT2D eigenvalue weighted by Gasteiger charge is 2.00. The van der Waals surface area contributed by atoms with Crippen molar-refractivity contribution in [2.24, 2.45) is 0 Å². The monoisotopic (exact) mass is 293 g/mol. The highest BCUT2D eigenvalue weighted by molar-refractivity contribution is 5.92. The molecule has 1 rings (SSSR count). The van der Waals surface area contributed by atoms with Crippen LogP contribution in [0.15, 0.2) is 30.3 Å². The number of benzene rings is 1. The second-order valence-corrected chi connectivity index (χ2v) is 4.04. The summed E-state index contributed by atoms with van der Waals surface area (Å²) in [5, 5.41) is 11.0. The lowest BCUT2D eigenvalue weighted by Crippen LogP contribution is -2.26. The SMILES string of the molecule is CCOc1ccccc1C=CC(=O)NCCOCC(=O)O. The lowest BCUT2D eigenvalue weighted by molar-refractivity contribution is -0.142. The molecule has 0 fully saturated rings. The molecule has 0 unspecified atom stereocenters. The van der Waals surface area contributed by atoms with E-state index in [1.54, 1.807) is 6.08 Å². The number of carbonyl (C=O) groups is 2. The van der Waals surface area contributed by atoms with Crippen molar-refractivity contribution < 1.29 is 24.2 Å². The number of ether oxygens (including phenoxy) is 2. The van der Waals surface area contributed by atoms with Gasteiger partial charge in [-0.15, -0.1) is 0 Å². The predicted octanol–water partition coefficient (Wildman–Crippen LogP) is 1.32. The van der Waals surface area contributed by atoms with E-state index in [1.807, 2.05) is 31.2 Å². The molecule has 1 amide bonds. The van der Waals surface area contributed by atoms with Crippen LogP contribution in [0.3, 0.4) is 0 Å². The normalized spacial score (nSPS) is 10.5. The molecule has 2 N–H and O–H groups in total. The van der Waals surface area contributed by atoms with E-state index in [1.165, 1.54) is 6.08 Å². The molecule has 1 aromatic rings. The zero-order chi connectivity index (χ0) is 15.5. The zero-order valence-electron chi connectivity index (χ0n) is 11.9. The lowest BCUT2D eigenvalue weighted by Gasteiger charge is -2.06. The van der Waals surface area contributed by atoms with Gasteiger partial charge in [0.15, 0.2) is 0 Å². The average molecular weight is 293 g/mol. The Morgan fingerprint density at radius 3 is 2.81 bits per heavy atom. The standard InChI is InChI=1S/C15H19NO5/c1-2-21-13-6-4-3-5-12(13)7-8-14(17)16-9-10-20-11-15(18)19/h3-8H,2,9-11H2,1H3,(H,16,17)(H,18,19). The van der Waals surface area contributed by atoms with Crippen LogP contribution in [0.25, 0.3) is 6.08 Å². The summed E-state index contributed by atoms with van der Waals surface area (Å²) in [6, 6.07) is 7.41. The molecule has 0 aliphatic carbocycles. The molecule has 0 saturated heterocycles. The van der Waals surface area contributed by atoms with E-state index in [-0.39, 0.29) is 25.7 Å². The molecule has 114 valence electrons. The molecule has 0 bridgehead atoms. The van der Waals surface area contributed by atoms with Crippen LogP contribution in [0.4, 0.5) is 0 Å². The van der Waals surface area contributed by atoms with Crippen molar-refractivity contribution in [3.63, 3.8) is 0 Å². The maximum absolute atomic E-state index is 11.6. The number of carboxylic acid groups (broad SMARTS) is 1. The van der Waals surface area contributed by atoms with Gasteiger partial charge in [0, 0.05) is 18.2 Å². The van der Waals surface area contributed by atoms with Gasteiger partial charge in [0.2, 0.25) is 5.91 Å². The fourth-order valence-electron chi connectivity index (χ4n) is 1.54. The van der Waals surface area contributed by atoms with Gasteiger partial charge in [-0.3, -0.25) is 4.79 Å². The molecule has 0 aliphatic heterocycles. The number of carbonyl (C=O) groups excluding carboxylic acids is 1. The van der Waals surface area contributed by atoms with E-state index in [9.17, 15) is 9.59 Å². The molecule has 0 atom stereocenters. The van der Waals surface area contributed by atoms with E-state index < -0.39 is 5.97 Å². The van der Waals surface area contributed by atoms with Crippen LogP contribution in [-0.4, -0.2) is 43.3 Å². The average Bonchev–Trinajstić information content (AvgIpc) is 2.46. The van der Waals surface area contributed by atoms with Gasteiger partial charge in [-0.25, -0.2) is 4.79 Å². The first-order chi connectivity index (χ1) is 10.1. The van der Waals surface area contributed by atoms with E-state index in [0.717, 1.165) is 5.56 Å². The van der Waals surface area contributed by atoms with Gasteiger partial charge in [0.25, 0.3) is 0 Å². The maximum Gasteiger partial charge on any atom is 0.329 e. The van der Waals surface area contributed by atoms with Crippen molar-refractivity contribution >= 4 is 18.0 Å². The summed E-state index contributed by atoms with van der Waals surface area (Å²) in [6.45, 7) is 2.49. The van der Waals surface area contributed by atoms with Gasteiger partial charge in [-0.05, 0) is 19.1 Å². The number of rotatable bonds is 9. The number of amides is 1. The van der Waals surface area contributed by atoms with Crippen LogP contribution in [0, 0.1) is 0 Å². The Bertz CT molecular complexity index is 499. The molecule has 1 aromatic carbocycles. The van der Waals surface area contributed by atoms with Gasteiger partial charge >= 0.3 is 5.97 Å². The Morgan fingerprint density at radius 1 is 1.33 bits per heavy atom. The molecule has 0 aliphatic rings.